The van der Waals surface area contributed by atoms with Crippen LogP contribution in [0.15, 0.2) is 65.1 Å². The molecule has 0 fully saturated rings. The summed E-state index contributed by atoms with van der Waals surface area (Å²) in [4.78, 5) is 15.8. The highest BCUT2D eigenvalue weighted by Gasteiger charge is 2.14. The molecule has 0 unspecified atom stereocenters. The van der Waals surface area contributed by atoms with E-state index in [0.29, 0.717) is 33.5 Å². The number of carbonyl (C=O) groups excluding carboxylic acids is 1. The Morgan fingerprint density at radius 3 is 2.71 bits per heavy atom. The van der Waals surface area contributed by atoms with Gasteiger partial charge in [0, 0.05) is 16.7 Å². The smallest absolute Gasteiger partial charge is 0.274 e. The summed E-state index contributed by atoms with van der Waals surface area (Å²) < 4.78 is 25.6. The van der Waals surface area contributed by atoms with Crippen molar-refractivity contribution in [3.63, 3.8) is 0 Å². The van der Waals surface area contributed by atoms with Crippen LogP contribution in [0.1, 0.15) is 10.4 Å². The number of methoxy groups -OCH3 is 1. The second-order valence-corrected chi connectivity index (χ2v) is 6.07. The molecular formula is C21H15FN2O4. The third kappa shape index (κ3) is 3.19. The molecule has 2 N–H and O–H groups in total. The van der Waals surface area contributed by atoms with Crippen molar-refractivity contribution in [2.24, 2.45) is 0 Å². The number of benzene rings is 3. The fourth-order valence-corrected chi connectivity index (χ4v) is 2.93. The first-order chi connectivity index (χ1) is 13.6. The van der Waals surface area contributed by atoms with Crippen LogP contribution in [0.25, 0.3) is 33.7 Å². The van der Waals surface area contributed by atoms with Crippen molar-refractivity contribution in [1.29, 1.82) is 0 Å². The van der Waals surface area contributed by atoms with E-state index in [1.807, 2.05) is 0 Å². The van der Waals surface area contributed by atoms with E-state index in [-0.39, 0.29) is 11.5 Å². The van der Waals surface area contributed by atoms with E-state index in [2.05, 4.69) is 4.98 Å². The first-order valence-electron chi connectivity index (χ1n) is 8.38. The van der Waals surface area contributed by atoms with Gasteiger partial charge in [0.05, 0.1) is 7.11 Å². The van der Waals surface area contributed by atoms with E-state index in [0.717, 1.165) is 0 Å². The predicted molar refractivity (Wildman–Crippen MR) is 101 cm³/mol. The number of hydrogen-bond donors (Lipinski definition) is 2. The van der Waals surface area contributed by atoms with Crippen molar-refractivity contribution in [3.05, 3.63) is 72.0 Å². The molecule has 4 aromatic rings. The minimum Gasteiger partial charge on any atom is -0.497 e. The number of hydroxylamine groups is 1. The van der Waals surface area contributed by atoms with Crippen LogP contribution in [-0.2, 0) is 0 Å². The standard InChI is InChI=1S/C21H15FN2O4/c1-27-15-4-2-3-12(9-15)16-7-5-14(10-17(16)22)21-23-18-11-13(20(25)24-26)6-8-19(18)28-21/h2-11,26H,1H3,(H,24,25). The van der Waals surface area contributed by atoms with Crippen LogP contribution < -0.4 is 10.2 Å². The molecule has 1 heterocycles. The summed E-state index contributed by atoms with van der Waals surface area (Å²) in [6, 6.07) is 16.4. The third-order valence-corrected chi connectivity index (χ3v) is 4.35. The SMILES string of the molecule is COc1cccc(-c2ccc(-c3nc4cc(C(=O)NO)ccc4o3)cc2F)c1. The number of nitrogens with zero attached hydrogens (tertiary/aromatic N) is 1. The van der Waals surface area contributed by atoms with Crippen LogP contribution in [0.5, 0.6) is 5.75 Å². The highest BCUT2D eigenvalue weighted by molar-refractivity contribution is 5.96. The fourth-order valence-electron chi connectivity index (χ4n) is 2.93. The van der Waals surface area contributed by atoms with Gasteiger partial charge in [-0.2, -0.15) is 0 Å². The Morgan fingerprint density at radius 2 is 1.96 bits per heavy atom. The number of rotatable bonds is 4. The predicted octanol–water partition coefficient (Wildman–Crippen LogP) is 4.43. The molecule has 0 spiro atoms. The van der Waals surface area contributed by atoms with E-state index in [1.54, 1.807) is 55.1 Å². The van der Waals surface area contributed by atoms with Gasteiger partial charge >= 0.3 is 0 Å². The van der Waals surface area contributed by atoms with Gasteiger partial charge in [0.2, 0.25) is 5.89 Å². The maximum absolute atomic E-state index is 14.7. The lowest BCUT2D eigenvalue weighted by Gasteiger charge is -2.07. The number of nitrogens with one attached hydrogen (secondary N) is 1. The van der Waals surface area contributed by atoms with Crippen molar-refractivity contribution in [2.75, 3.05) is 7.11 Å². The maximum Gasteiger partial charge on any atom is 0.274 e. The van der Waals surface area contributed by atoms with Crippen molar-refractivity contribution in [3.8, 4) is 28.3 Å². The van der Waals surface area contributed by atoms with Gasteiger partial charge in [-0.05, 0) is 48.0 Å². The summed E-state index contributed by atoms with van der Waals surface area (Å²) in [5, 5.41) is 8.73. The van der Waals surface area contributed by atoms with Gasteiger partial charge in [-0.1, -0.05) is 18.2 Å². The van der Waals surface area contributed by atoms with Crippen LogP contribution >= 0.6 is 0 Å². The summed E-state index contributed by atoms with van der Waals surface area (Å²) in [6.07, 6.45) is 0. The molecule has 0 saturated carbocycles. The Hall–Kier alpha value is -3.71. The number of carbonyl (C=O) groups is 1. The Balaban J connectivity index is 1.71. The van der Waals surface area contributed by atoms with Gasteiger partial charge in [-0.3, -0.25) is 10.0 Å². The van der Waals surface area contributed by atoms with Crippen molar-refractivity contribution < 1.29 is 23.5 Å². The van der Waals surface area contributed by atoms with E-state index < -0.39 is 11.7 Å². The zero-order chi connectivity index (χ0) is 19.7. The van der Waals surface area contributed by atoms with Crippen LogP contribution in [0, 0.1) is 5.82 Å². The van der Waals surface area contributed by atoms with Gasteiger partial charge in [0.15, 0.2) is 5.58 Å². The molecule has 28 heavy (non-hydrogen) atoms. The van der Waals surface area contributed by atoms with Gasteiger partial charge < -0.3 is 9.15 Å². The maximum atomic E-state index is 14.7. The monoisotopic (exact) mass is 378 g/mol. The second kappa shape index (κ2) is 7.13. The van der Waals surface area contributed by atoms with Gasteiger partial charge in [-0.25, -0.2) is 14.9 Å². The molecule has 140 valence electrons. The molecule has 0 bridgehead atoms. The highest BCUT2D eigenvalue weighted by atomic mass is 19.1. The van der Waals surface area contributed by atoms with E-state index in [9.17, 15) is 9.18 Å². The lowest BCUT2D eigenvalue weighted by Crippen LogP contribution is -2.18. The van der Waals surface area contributed by atoms with E-state index in [4.69, 9.17) is 14.4 Å². The molecule has 1 amide bonds. The lowest BCUT2D eigenvalue weighted by molar-refractivity contribution is 0.0706. The average molecular weight is 378 g/mol. The Labute approximate surface area is 159 Å². The summed E-state index contributed by atoms with van der Waals surface area (Å²) in [5.41, 5.74) is 4.26. The molecule has 7 heteroatoms. The number of oxazole rings is 1. The molecule has 1 aromatic heterocycles. The van der Waals surface area contributed by atoms with Crippen LogP contribution in [-0.4, -0.2) is 23.2 Å². The quantitative estimate of drug-likeness (QED) is 0.405. The number of hydrogen-bond acceptors (Lipinski definition) is 5. The van der Waals surface area contributed by atoms with Gasteiger partial charge in [-0.15, -0.1) is 0 Å². The molecule has 6 nitrogen and oxygen atoms in total. The average Bonchev–Trinajstić information content (AvgIpc) is 3.16. The van der Waals surface area contributed by atoms with Crippen LogP contribution in [0.2, 0.25) is 0 Å². The minimum absolute atomic E-state index is 0.229. The summed E-state index contributed by atoms with van der Waals surface area (Å²) in [5.74, 6) is -0.205. The normalized spacial score (nSPS) is 10.8. The summed E-state index contributed by atoms with van der Waals surface area (Å²) in [6.45, 7) is 0. The molecule has 3 aromatic carbocycles. The van der Waals surface area contributed by atoms with Gasteiger partial charge in [0.1, 0.15) is 17.1 Å². The lowest BCUT2D eigenvalue weighted by atomic mass is 10.0. The topological polar surface area (TPSA) is 84.6 Å². The number of amides is 1. The zero-order valence-corrected chi connectivity index (χ0v) is 14.8. The van der Waals surface area contributed by atoms with Crippen molar-refractivity contribution >= 4 is 17.0 Å². The zero-order valence-electron chi connectivity index (χ0n) is 14.8. The summed E-state index contributed by atoms with van der Waals surface area (Å²) in [7, 11) is 1.56. The Kier molecular flexibility index (Phi) is 4.50. The minimum atomic E-state index is -0.653. The largest absolute Gasteiger partial charge is 0.497 e. The highest BCUT2D eigenvalue weighted by Crippen LogP contribution is 2.31. The first-order valence-corrected chi connectivity index (χ1v) is 8.38. The molecule has 0 atom stereocenters. The molecule has 0 saturated heterocycles. The molecule has 0 aliphatic rings. The van der Waals surface area contributed by atoms with E-state index >= 15 is 0 Å². The second-order valence-electron chi connectivity index (χ2n) is 6.07. The summed E-state index contributed by atoms with van der Waals surface area (Å²) >= 11 is 0. The van der Waals surface area contributed by atoms with Crippen LogP contribution in [0.3, 0.4) is 0 Å². The third-order valence-electron chi connectivity index (χ3n) is 4.35. The molecule has 0 aliphatic heterocycles. The molecular weight excluding hydrogens is 363 g/mol. The Morgan fingerprint density at radius 1 is 1.11 bits per heavy atom. The number of fused-ring (bicyclic) bond motifs is 1. The molecule has 4 rings (SSSR count). The molecule has 0 radical (unpaired) electrons. The molecule has 0 aliphatic carbocycles. The number of halogens is 1. The van der Waals surface area contributed by atoms with E-state index in [1.165, 1.54) is 18.2 Å². The Bertz CT molecular complexity index is 1190. The fraction of sp³-hybridized carbons (Fsp3) is 0.0476. The number of aromatic nitrogens is 1. The first kappa shape index (κ1) is 17.7. The van der Waals surface area contributed by atoms with Gasteiger partial charge in [0.25, 0.3) is 5.91 Å². The van der Waals surface area contributed by atoms with Crippen LogP contribution in [0.4, 0.5) is 4.39 Å². The van der Waals surface area contributed by atoms with Crippen molar-refractivity contribution in [1.82, 2.24) is 10.5 Å². The number of ether oxygens (including phenoxy) is 1. The van der Waals surface area contributed by atoms with Crippen molar-refractivity contribution in [2.45, 2.75) is 0 Å².